The molecule has 0 aliphatic heterocycles. The number of benzene rings is 4. The van der Waals surface area contributed by atoms with Gasteiger partial charge in [0.25, 0.3) is 0 Å². The molecule has 0 saturated heterocycles. The second-order valence-electron chi connectivity index (χ2n) is 14.0. The van der Waals surface area contributed by atoms with Crippen LogP contribution in [0.15, 0.2) is 115 Å². The first-order chi connectivity index (χ1) is 27.8. The summed E-state index contributed by atoms with van der Waals surface area (Å²) in [7, 11) is 3.99. The predicted molar refractivity (Wildman–Crippen MR) is 224 cm³/mol. The van der Waals surface area contributed by atoms with E-state index in [1.807, 2.05) is 119 Å². The number of aryl methyl sites for hydroxylation is 2. The molecule has 0 fully saturated rings. The van der Waals surface area contributed by atoms with E-state index in [0.29, 0.717) is 31.1 Å². The number of aliphatic hydroxyl groups is 1. The number of hydrogen-bond donors (Lipinski definition) is 3. The van der Waals surface area contributed by atoms with Gasteiger partial charge in [0.05, 0.1) is 37.4 Å². The smallest absolute Gasteiger partial charge is 0.413 e. The molecule has 2 aromatic heterocycles. The third-order valence-electron chi connectivity index (χ3n) is 9.13. The normalized spacial score (nSPS) is 12.2. The molecule has 0 bridgehead atoms. The van der Waals surface area contributed by atoms with E-state index in [1.165, 1.54) is 33.2 Å². The fourth-order valence-electron chi connectivity index (χ4n) is 5.57. The first kappa shape index (κ1) is 44.5. The lowest BCUT2D eigenvalue weighted by atomic mass is 9.73. The molecule has 4 aromatic carbocycles. The minimum absolute atomic E-state index is 0.110. The van der Waals surface area contributed by atoms with Crippen molar-refractivity contribution in [1.29, 1.82) is 0 Å². The number of H-pyrrole nitrogens is 1. The van der Waals surface area contributed by atoms with Gasteiger partial charge in [-0.15, -0.1) is 0 Å². The summed E-state index contributed by atoms with van der Waals surface area (Å²) in [6.07, 6.45) is 4.03. The molecule has 58 heavy (non-hydrogen) atoms. The number of esters is 1. The quantitative estimate of drug-likeness (QED) is 0.0621. The number of oxime groups is 1. The van der Waals surface area contributed by atoms with Crippen LogP contribution in [0.25, 0.3) is 11.0 Å². The maximum Gasteiger partial charge on any atom is 0.413 e. The molecule has 0 saturated carbocycles. The molecule has 6 aromatic rings. The summed E-state index contributed by atoms with van der Waals surface area (Å²) < 4.78 is 16.8. The van der Waals surface area contributed by atoms with E-state index in [0.717, 1.165) is 39.4 Å². The number of nitrogens with one attached hydrogen (secondary N) is 2. The van der Waals surface area contributed by atoms with Gasteiger partial charge in [0, 0.05) is 10.6 Å². The standard InChI is InChI=1S/C18H19NO4.C16H22ClN3O.C9H9N3O2/c1-13-8-4-7-11-16(13)23-12-14-9-5-6-10-15(14)17(19-22-3)18(20)21-2;1-15(2,3)16(21,10-20-12-18-11-19-20)9-8-13-4-6-14(17)7-5-13;1-14-9(13)12-8-10-6-4-2-3-5-7(6)11-8/h4-11H,12H2,1-3H3;4-7,11-12,21H,8-10H2,1-3H3;2-5H,1H3,(H2,10,11,12,13)/b19-17+;;. The number of aromatic nitrogens is 5. The van der Waals surface area contributed by atoms with Crippen molar-refractivity contribution in [3.8, 4) is 5.75 Å². The molecule has 1 unspecified atom stereocenters. The van der Waals surface area contributed by atoms with Crippen LogP contribution in [-0.4, -0.2) is 74.5 Å². The first-order valence-electron chi connectivity index (χ1n) is 18.3. The van der Waals surface area contributed by atoms with Crippen molar-refractivity contribution in [1.82, 2.24) is 24.7 Å². The first-order valence-corrected chi connectivity index (χ1v) is 18.7. The lowest BCUT2D eigenvalue weighted by molar-refractivity contribution is -0.132. The average molecular weight is 812 g/mol. The highest BCUT2D eigenvalue weighted by Crippen LogP contribution is 2.35. The van der Waals surface area contributed by atoms with Crippen molar-refractivity contribution < 1.29 is 33.7 Å². The van der Waals surface area contributed by atoms with Crippen LogP contribution >= 0.6 is 11.6 Å². The summed E-state index contributed by atoms with van der Waals surface area (Å²) in [6.45, 7) is 8.86. The number of imidazole rings is 1. The van der Waals surface area contributed by atoms with Gasteiger partial charge in [-0.3, -0.25) is 10.00 Å². The van der Waals surface area contributed by atoms with Crippen LogP contribution in [0.3, 0.4) is 0 Å². The summed E-state index contributed by atoms with van der Waals surface area (Å²) in [5, 5.41) is 22.2. The van der Waals surface area contributed by atoms with Gasteiger partial charge in [-0.25, -0.2) is 19.6 Å². The van der Waals surface area contributed by atoms with E-state index in [-0.39, 0.29) is 11.1 Å². The summed E-state index contributed by atoms with van der Waals surface area (Å²) in [5.74, 6) is 0.624. The number of ether oxygens (including phenoxy) is 3. The number of carbonyl (C=O) groups is 2. The fraction of sp³-hybridized carbons (Fsp3) is 0.302. The van der Waals surface area contributed by atoms with E-state index in [1.54, 1.807) is 17.1 Å². The van der Waals surface area contributed by atoms with Crippen LogP contribution in [0.2, 0.25) is 5.02 Å². The minimum Gasteiger partial charge on any atom is -0.489 e. The number of halogens is 1. The molecule has 0 aliphatic rings. The van der Waals surface area contributed by atoms with Gasteiger partial charge in [-0.1, -0.05) is 104 Å². The summed E-state index contributed by atoms with van der Waals surface area (Å²) in [6, 6.07) is 30.4. The van der Waals surface area contributed by atoms with Crippen molar-refractivity contribution in [2.75, 3.05) is 26.6 Å². The number of methoxy groups -OCH3 is 2. The van der Waals surface area contributed by atoms with E-state index in [9.17, 15) is 14.7 Å². The monoisotopic (exact) mass is 811 g/mol. The number of carbonyl (C=O) groups excluding carboxylic acids is 2. The van der Waals surface area contributed by atoms with Crippen LogP contribution in [0.4, 0.5) is 10.7 Å². The second-order valence-corrected chi connectivity index (χ2v) is 14.5. The SMILES string of the molecule is CC(C)(C)C(O)(CCc1ccc(Cl)cc1)Cn1cncn1.CO/N=C(/C(=O)OC)c1ccccc1COc1ccccc1C.COC(=O)Nc1nc2ccccc2[nH]1. The lowest BCUT2D eigenvalue weighted by Gasteiger charge is -2.40. The number of amides is 1. The molecular weight excluding hydrogens is 762 g/mol. The van der Waals surface area contributed by atoms with E-state index in [4.69, 9.17) is 25.9 Å². The van der Waals surface area contributed by atoms with Crippen LogP contribution in [0, 0.1) is 12.3 Å². The molecule has 14 nitrogen and oxygen atoms in total. The van der Waals surface area contributed by atoms with Crippen LogP contribution in [0.1, 0.15) is 49.4 Å². The molecule has 0 aliphatic carbocycles. The maximum atomic E-state index is 11.9. The molecule has 0 radical (unpaired) electrons. The number of rotatable bonds is 12. The molecule has 1 amide bonds. The van der Waals surface area contributed by atoms with Crippen LogP contribution in [-0.2, 0) is 38.7 Å². The predicted octanol–water partition coefficient (Wildman–Crippen LogP) is 8.18. The van der Waals surface area contributed by atoms with E-state index >= 15 is 0 Å². The van der Waals surface area contributed by atoms with Crippen molar-refractivity contribution in [2.45, 2.75) is 59.3 Å². The molecule has 0 spiro atoms. The third-order valence-corrected chi connectivity index (χ3v) is 9.38. The highest BCUT2D eigenvalue weighted by molar-refractivity contribution is 6.43. The van der Waals surface area contributed by atoms with E-state index < -0.39 is 17.7 Å². The fourth-order valence-corrected chi connectivity index (χ4v) is 5.70. The van der Waals surface area contributed by atoms with Gasteiger partial charge in [0.1, 0.15) is 32.1 Å². The van der Waals surface area contributed by atoms with Crippen LogP contribution < -0.4 is 10.1 Å². The Balaban J connectivity index is 0.000000198. The topological polar surface area (TPSA) is 175 Å². The Labute approximate surface area is 343 Å². The molecule has 306 valence electrons. The Kier molecular flexibility index (Phi) is 16.3. The van der Waals surface area contributed by atoms with Gasteiger partial charge in [-0.2, -0.15) is 5.10 Å². The van der Waals surface area contributed by atoms with Crippen molar-refractivity contribution in [3.05, 3.63) is 137 Å². The molecule has 2 heterocycles. The zero-order chi connectivity index (χ0) is 42.1. The number of fused-ring (bicyclic) bond motifs is 1. The van der Waals surface area contributed by atoms with Gasteiger partial charge in [0.2, 0.25) is 5.95 Å². The third kappa shape index (κ3) is 12.9. The number of nitrogens with zero attached hydrogens (tertiary/aromatic N) is 5. The Bertz CT molecular complexity index is 2200. The van der Waals surface area contributed by atoms with E-state index in [2.05, 4.69) is 35.3 Å². The zero-order valence-electron chi connectivity index (χ0n) is 33.7. The maximum absolute atomic E-state index is 11.9. The second kappa shape index (κ2) is 21.3. The molecule has 6 rings (SSSR count). The van der Waals surface area contributed by atoms with Gasteiger partial charge in [-0.05, 0) is 72.2 Å². The van der Waals surface area contributed by atoms with Gasteiger partial charge in [0.15, 0.2) is 5.71 Å². The molecule has 15 heteroatoms. The zero-order valence-corrected chi connectivity index (χ0v) is 34.5. The Morgan fingerprint density at radius 2 is 1.60 bits per heavy atom. The average Bonchev–Trinajstić information content (AvgIpc) is 3.89. The minimum atomic E-state index is -0.861. The Hall–Kier alpha value is -6.25. The van der Waals surface area contributed by atoms with Gasteiger partial charge >= 0.3 is 12.1 Å². The Morgan fingerprint density at radius 1 is 0.914 bits per heavy atom. The summed E-state index contributed by atoms with van der Waals surface area (Å²) >= 11 is 5.90. The van der Waals surface area contributed by atoms with Crippen molar-refractivity contribution in [2.24, 2.45) is 10.6 Å². The highest BCUT2D eigenvalue weighted by atomic mass is 35.5. The number of anilines is 1. The molecule has 3 N–H and O–H groups in total. The molecular formula is C43H50ClN7O7. The summed E-state index contributed by atoms with van der Waals surface area (Å²) in [5.41, 5.74) is 4.32. The van der Waals surface area contributed by atoms with Gasteiger partial charge < -0.3 is 29.1 Å². The Morgan fingerprint density at radius 3 is 2.24 bits per heavy atom. The number of aromatic amines is 1. The van der Waals surface area contributed by atoms with Crippen LogP contribution in [0.5, 0.6) is 5.75 Å². The summed E-state index contributed by atoms with van der Waals surface area (Å²) in [4.78, 5) is 38.6. The largest absolute Gasteiger partial charge is 0.489 e. The molecule has 1 atom stereocenters. The van der Waals surface area contributed by atoms with Crippen molar-refractivity contribution in [3.63, 3.8) is 0 Å². The lowest BCUT2D eigenvalue weighted by Crippen LogP contribution is -2.47. The highest BCUT2D eigenvalue weighted by Gasteiger charge is 2.40. The van der Waals surface area contributed by atoms with Crippen molar-refractivity contribution >= 4 is 46.4 Å². The number of para-hydroxylation sites is 3. The number of hydrogen-bond acceptors (Lipinski definition) is 11.